The van der Waals surface area contributed by atoms with Gasteiger partial charge in [-0.1, -0.05) is 319 Å². The van der Waals surface area contributed by atoms with Gasteiger partial charge in [0, 0.05) is 0 Å². The molecule has 0 amide bonds. The summed E-state index contributed by atoms with van der Waals surface area (Å²) in [6.07, 6.45) is 6.80. The SMILES string of the molecule is CCc1c(C)cc(C(C)(C)C)cc1C(C)(C)C.CCc1c(C)cc(C(C)(C)C)cc1C(C)(C)C.CCc1c(C)cc(C(C)C)cc1C(C)(C)C.CCc1c(C)cc(C(C)C)cc1C(C)(C)C.CCc1c(C)cc(C)cc1C(C)(C)C.CCc1c(C)cc(C)cc1C(C)(C)C. The first kappa shape index (κ1) is 87.3. The lowest BCUT2D eigenvalue weighted by Gasteiger charge is -2.29. The topological polar surface area (TPSA) is 0 Å². The third-order valence-electron chi connectivity index (χ3n) is 19.2. The van der Waals surface area contributed by atoms with Gasteiger partial charge in [-0.3, -0.25) is 0 Å². The maximum atomic E-state index is 2.42. The van der Waals surface area contributed by atoms with E-state index >= 15 is 0 Å². The standard InChI is InChI=1S/2C17H28.2C16H26.2C14H22/c2*1-9-14-12(2)10-13(16(3,4)5)11-15(14)17(6,7)8;2*1-8-14-12(4)9-13(11(2)3)10-15(14)16(5,6)7;2*1-7-12-11(3)8-10(2)9-13(12)14(4,5)6/h2*10-11H,9H2,1-8H3;2*9-11H,8H2,1-7H3;2*8-9H,7H2,1-6H3. The lowest BCUT2D eigenvalue weighted by Crippen LogP contribution is -2.19. The van der Waals surface area contributed by atoms with Crippen LogP contribution in [0.15, 0.2) is 72.8 Å². The number of benzene rings is 6. The summed E-state index contributed by atoms with van der Waals surface area (Å²) >= 11 is 0. The smallest absolute Gasteiger partial charge is 0.0129 e. The van der Waals surface area contributed by atoms with Gasteiger partial charge in [0.15, 0.2) is 0 Å². The second kappa shape index (κ2) is 34.7. The Morgan fingerprint density at radius 1 is 0.213 bits per heavy atom. The Bertz CT molecular complexity index is 3120. The van der Waals surface area contributed by atoms with Gasteiger partial charge >= 0.3 is 0 Å². The van der Waals surface area contributed by atoms with Crippen molar-refractivity contribution in [2.24, 2.45) is 0 Å². The molecule has 6 aromatic rings. The molecule has 6 aromatic carbocycles. The first-order valence-corrected chi connectivity index (χ1v) is 37.2. The van der Waals surface area contributed by atoms with E-state index in [0.717, 1.165) is 38.5 Å². The Morgan fingerprint density at radius 3 is 0.553 bits per heavy atom. The summed E-state index contributed by atoms with van der Waals surface area (Å²) in [5.74, 6) is 1.23. The highest BCUT2D eigenvalue weighted by Gasteiger charge is 2.27. The van der Waals surface area contributed by atoms with Crippen LogP contribution in [0.5, 0.6) is 0 Å². The van der Waals surface area contributed by atoms with Crippen LogP contribution in [0.4, 0.5) is 0 Å². The molecule has 0 heteroatoms. The van der Waals surface area contributed by atoms with E-state index in [1.807, 2.05) is 0 Å². The van der Waals surface area contributed by atoms with Crippen molar-refractivity contribution in [3.63, 3.8) is 0 Å². The third kappa shape index (κ3) is 25.6. The van der Waals surface area contributed by atoms with Gasteiger partial charge in [0.1, 0.15) is 0 Å². The fourth-order valence-corrected chi connectivity index (χ4v) is 13.7. The summed E-state index contributed by atoms with van der Waals surface area (Å²) in [5.41, 5.74) is 37.6. The van der Waals surface area contributed by atoms with Gasteiger partial charge in [-0.25, -0.2) is 0 Å². The molecule has 0 atom stereocenters. The molecule has 528 valence electrons. The van der Waals surface area contributed by atoms with Crippen molar-refractivity contribution in [2.75, 3.05) is 0 Å². The number of hydrogen-bond donors (Lipinski definition) is 0. The van der Waals surface area contributed by atoms with E-state index in [4.69, 9.17) is 0 Å². The third-order valence-corrected chi connectivity index (χ3v) is 19.2. The molecule has 0 aliphatic heterocycles. The molecule has 0 aromatic heterocycles. The maximum Gasteiger partial charge on any atom is -0.0129 e. The summed E-state index contributed by atoms with van der Waals surface area (Å²) in [7, 11) is 0. The van der Waals surface area contributed by atoms with Crippen LogP contribution < -0.4 is 0 Å². The molecule has 0 bridgehead atoms. The first-order chi connectivity index (χ1) is 42.4. The maximum absolute atomic E-state index is 2.42. The minimum atomic E-state index is 0.233. The highest BCUT2D eigenvalue weighted by atomic mass is 14.3. The number of rotatable bonds is 8. The van der Waals surface area contributed by atoms with Crippen LogP contribution in [0.2, 0.25) is 0 Å². The second-order valence-electron chi connectivity index (χ2n) is 37.0. The van der Waals surface area contributed by atoms with Crippen molar-refractivity contribution >= 4 is 0 Å². The lowest BCUT2D eigenvalue weighted by atomic mass is 9.76. The highest BCUT2D eigenvalue weighted by Crippen LogP contribution is 2.38. The van der Waals surface area contributed by atoms with Gasteiger partial charge in [0.25, 0.3) is 0 Å². The van der Waals surface area contributed by atoms with Crippen molar-refractivity contribution < 1.29 is 0 Å². The highest BCUT2D eigenvalue weighted by molar-refractivity contribution is 5.48. The van der Waals surface area contributed by atoms with Crippen LogP contribution in [0, 0.1) is 55.4 Å². The summed E-state index contributed by atoms with van der Waals surface area (Å²) in [6, 6.07) is 28.4. The Hall–Kier alpha value is -4.68. The van der Waals surface area contributed by atoms with Crippen molar-refractivity contribution in [2.45, 2.75) is 384 Å². The second-order valence-corrected chi connectivity index (χ2v) is 37.0. The van der Waals surface area contributed by atoms with Gasteiger partial charge < -0.3 is 0 Å². The van der Waals surface area contributed by atoms with Crippen LogP contribution in [0.25, 0.3) is 0 Å². The predicted octanol–water partition coefficient (Wildman–Crippen LogP) is 28.6. The van der Waals surface area contributed by atoms with Crippen LogP contribution in [-0.4, -0.2) is 0 Å². The molecule has 6 rings (SSSR count). The van der Waals surface area contributed by atoms with Crippen LogP contribution in [-0.2, 0) is 81.8 Å². The molecule has 0 unspecified atom stereocenters. The molecule has 0 N–H and O–H groups in total. The average Bonchev–Trinajstić information content (AvgIpc) is 0.838. The van der Waals surface area contributed by atoms with Gasteiger partial charge in [0.2, 0.25) is 0 Å². The fraction of sp³-hybridized carbons (Fsp3) is 0.617. The van der Waals surface area contributed by atoms with Gasteiger partial charge in [-0.2, -0.15) is 0 Å². The molecular formula is C94H152. The van der Waals surface area contributed by atoms with Crippen molar-refractivity contribution in [1.29, 1.82) is 0 Å². The average molecular weight is 1280 g/mol. The van der Waals surface area contributed by atoms with Crippen LogP contribution >= 0.6 is 0 Å². The van der Waals surface area contributed by atoms with E-state index in [1.54, 1.807) is 0 Å². The summed E-state index contributed by atoms with van der Waals surface area (Å²) in [6.45, 7) is 95.7. The van der Waals surface area contributed by atoms with Crippen LogP contribution in [0.3, 0.4) is 0 Å². The zero-order valence-corrected chi connectivity index (χ0v) is 70.3. The minimum Gasteiger partial charge on any atom is -0.0613 e. The number of hydrogen-bond acceptors (Lipinski definition) is 0. The van der Waals surface area contributed by atoms with E-state index in [1.165, 1.54) is 134 Å². The van der Waals surface area contributed by atoms with Crippen molar-refractivity contribution in [1.82, 2.24) is 0 Å². The quantitative estimate of drug-likeness (QED) is 0.142. The Morgan fingerprint density at radius 2 is 0.383 bits per heavy atom. The van der Waals surface area contributed by atoms with E-state index < -0.39 is 0 Å². The first-order valence-electron chi connectivity index (χ1n) is 37.2. The molecule has 94 heavy (non-hydrogen) atoms. The minimum absolute atomic E-state index is 0.233. The van der Waals surface area contributed by atoms with Gasteiger partial charge in [-0.15, -0.1) is 0 Å². The summed E-state index contributed by atoms with van der Waals surface area (Å²) in [5, 5.41) is 0. The van der Waals surface area contributed by atoms with E-state index in [-0.39, 0.29) is 43.3 Å². The zero-order valence-electron chi connectivity index (χ0n) is 70.3. The molecule has 0 spiro atoms. The molecule has 0 heterocycles. The van der Waals surface area contributed by atoms with Crippen molar-refractivity contribution in [3.05, 3.63) is 206 Å². The normalized spacial score (nSPS) is 12.4. The van der Waals surface area contributed by atoms with E-state index in [9.17, 15) is 0 Å². The molecule has 0 aliphatic rings. The predicted molar refractivity (Wildman–Crippen MR) is 431 cm³/mol. The van der Waals surface area contributed by atoms with Gasteiger partial charge in [0.05, 0.1) is 0 Å². The van der Waals surface area contributed by atoms with E-state index in [2.05, 4.69) is 364 Å². The Labute approximate surface area is 587 Å². The lowest BCUT2D eigenvalue weighted by molar-refractivity contribution is 0.562. The Kier molecular flexibility index (Phi) is 32.2. The largest absolute Gasteiger partial charge is 0.0613 e. The zero-order chi connectivity index (χ0) is 73.7. The summed E-state index contributed by atoms with van der Waals surface area (Å²) in [4.78, 5) is 0. The van der Waals surface area contributed by atoms with E-state index in [0.29, 0.717) is 11.8 Å². The monoisotopic (exact) mass is 1280 g/mol. The molecule has 0 nitrogen and oxygen atoms in total. The molecule has 0 radical (unpaired) electrons. The Balaban J connectivity index is 0.000000565. The molecule has 0 fully saturated rings. The molecule has 0 saturated heterocycles. The number of aryl methyl sites for hydroxylation is 8. The van der Waals surface area contributed by atoms with Crippen LogP contribution in [0.1, 0.15) is 381 Å². The summed E-state index contributed by atoms with van der Waals surface area (Å²) < 4.78 is 0. The van der Waals surface area contributed by atoms with Gasteiger partial charge in [-0.05, 0) is 271 Å². The van der Waals surface area contributed by atoms with Crippen molar-refractivity contribution in [3.8, 4) is 0 Å². The molecule has 0 aliphatic carbocycles. The fourth-order valence-electron chi connectivity index (χ4n) is 13.7. The molecule has 0 saturated carbocycles. The molecular weight excluding hydrogens is 1130 g/mol.